The van der Waals surface area contributed by atoms with Crippen LogP contribution < -0.4 is 0 Å². The molecule has 0 aliphatic heterocycles. The highest BCUT2D eigenvalue weighted by Gasteiger charge is 2.23. The van der Waals surface area contributed by atoms with Crippen molar-refractivity contribution in [1.82, 2.24) is 15.1 Å². The first-order valence-electron chi connectivity index (χ1n) is 7.65. The van der Waals surface area contributed by atoms with Crippen LogP contribution in [0.1, 0.15) is 41.0 Å². The smallest absolute Gasteiger partial charge is 0.242 e. The first-order valence-corrected chi connectivity index (χ1v) is 9.03. The summed E-state index contributed by atoms with van der Waals surface area (Å²) < 4.78 is 23.3. The van der Waals surface area contributed by atoms with E-state index in [2.05, 4.69) is 15.1 Å². The number of benzene rings is 1. The third kappa shape index (κ3) is 3.31. The van der Waals surface area contributed by atoms with Gasteiger partial charge in [0.2, 0.25) is 17.6 Å². The Morgan fingerprint density at radius 1 is 1.17 bits per heavy atom. The summed E-state index contributed by atoms with van der Waals surface area (Å²) in [7, 11) is -1.26. The fourth-order valence-electron chi connectivity index (χ4n) is 2.29. The van der Waals surface area contributed by atoms with Crippen molar-refractivity contribution in [3.8, 4) is 11.4 Å². The van der Waals surface area contributed by atoms with Crippen LogP contribution in [0, 0.1) is 20.8 Å². The summed E-state index contributed by atoms with van der Waals surface area (Å²) in [4.78, 5) is 8.67. The van der Waals surface area contributed by atoms with Crippen molar-refractivity contribution >= 4 is 10.8 Å². The molecule has 0 bridgehead atoms. The molecule has 3 aromatic rings. The highest BCUT2D eigenvalue weighted by molar-refractivity contribution is 7.84. The number of hydrogen-bond donors (Lipinski definition) is 0. The summed E-state index contributed by atoms with van der Waals surface area (Å²) >= 11 is 0. The fraction of sp³-hybridized carbons (Fsp3) is 0.353. The van der Waals surface area contributed by atoms with Crippen molar-refractivity contribution < 1.29 is 13.1 Å². The molecular formula is C17H19N3O3S. The van der Waals surface area contributed by atoms with Gasteiger partial charge >= 0.3 is 0 Å². The van der Waals surface area contributed by atoms with Gasteiger partial charge in [-0.05, 0) is 33.3 Å². The van der Waals surface area contributed by atoms with Crippen LogP contribution in [0.15, 0.2) is 33.2 Å². The third-order valence-electron chi connectivity index (χ3n) is 3.91. The van der Waals surface area contributed by atoms with E-state index >= 15 is 0 Å². The normalized spacial score (nSPS) is 13.8. The minimum atomic E-state index is -1.26. The van der Waals surface area contributed by atoms with Crippen molar-refractivity contribution in [3.05, 3.63) is 53.1 Å². The molecule has 1 aromatic carbocycles. The van der Waals surface area contributed by atoms with Gasteiger partial charge in [0.25, 0.3) is 0 Å². The van der Waals surface area contributed by atoms with Gasteiger partial charge in [-0.15, -0.1) is 0 Å². The van der Waals surface area contributed by atoms with Crippen LogP contribution in [0.3, 0.4) is 0 Å². The van der Waals surface area contributed by atoms with E-state index < -0.39 is 16.0 Å². The van der Waals surface area contributed by atoms with Gasteiger partial charge in [0.1, 0.15) is 16.8 Å². The second-order valence-electron chi connectivity index (χ2n) is 5.69. The zero-order chi connectivity index (χ0) is 17.3. The van der Waals surface area contributed by atoms with E-state index in [4.69, 9.17) is 8.94 Å². The molecular weight excluding hydrogens is 326 g/mol. The molecule has 0 amide bonds. The molecule has 0 fully saturated rings. The lowest BCUT2D eigenvalue weighted by atomic mass is 10.1. The molecule has 7 heteroatoms. The van der Waals surface area contributed by atoms with Crippen molar-refractivity contribution in [2.24, 2.45) is 0 Å². The molecule has 0 unspecified atom stereocenters. The van der Waals surface area contributed by atoms with Gasteiger partial charge in [0, 0.05) is 16.4 Å². The Morgan fingerprint density at radius 3 is 2.58 bits per heavy atom. The molecule has 2 heterocycles. The average Bonchev–Trinajstić information content (AvgIpc) is 3.14. The van der Waals surface area contributed by atoms with Crippen LogP contribution in [0.2, 0.25) is 0 Å². The lowest BCUT2D eigenvalue weighted by Crippen LogP contribution is -2.06. The fourth-order valence-corrected chi connectivity index (χ4v) is 3.23. The Kier molecular flexibility index (Phi) is 4.62. The molecule has 0 saturated heterocycles. The van der Waals surface area contributed by atoms with Crippen molar-refractivity contribution in [2.75, 3.05) is 0 Å². The molecule has 24 heavy (non-hydrogen) atoms. The molecule has 0 N–H and O–H groups in total. The molecule has 0 radical (unpaired) electrons. The van der Waals surface area contributed by atoms with Gasteiger partial charge in [0.05, 0.1) is 5.69 Å². The molecule has 6 nitrogen and oxygen atoms in total. The maximum atomic E-state index is 12.5. The average molecular weight is 345 g/mol. The van der Waals surface area contributed by atoms with E-state index in [1.165, 1.54) is 0 Å². The Hall–Kier alpha value is -2.28. The van der Waals surface area contributed by atoms with Crippen LogP contribution in [-0.4, -0.2) is 19.3 Å². The van der Waals surface area contributed by atoms with Crippen molar-refractivity contribution in [1.29, 1.82) is 0 Å². The number of rotatable bonds is 5. The SMILES string of the molecule is Cc1ccccc1-c1noc([C@H](C)[S@@](=O)Cc2nc(C)c(C)o2)n1. The second kappa shape index (κ2) is 6.68. The quantitative estimate of drug-likeness (QED) is 0.702. The van der Waals surface area contributed by atoms with Gasteiger partial charge in [0.15, 0.2) is 0 Å². The summed E-state index contributed by atoms with van der Waals surface area (Å²) in [5.74, 6) is 2.29. The first kappa shape index (κ1) is 16.6. The lowest BCUT2D eigenvalue weighted by molar-refractivity contribution is 0.379. The van der Waals surface area contributed by atoms with E-state index in [-0.39, 0.29) is 5.75 Å². The van der Waals surface area contributed by atoms with Gasteiger partial charge in [-0.2, -0.15) is 4.98 Å². The number of hydrogen-bond acceptors (Lipinski definition) is 6. The predicted octanol–water partition coefficient (Wildman–Crippen LogP) is 3.66. The maximum Gasteiger partial charge on any atom is 0.242 e. The zero-order valence-electron chi connectivity index (χ0n) is 14.1. The van der Waals surface area contributed by atoms with Crippen LogP contribution in [0.5, 0.6) is 0 Å². The van der Waals surface area contributed by atoms with Crippen LogP contribution in [-0.2, 0) is 16.6 Å². The summed E-state index contributed by atoms with van der Waals surface area (Å²) in [6.45, 7) is 7.49. The van der Waals surface area contributed by atoms with Crippen LogP contribution in [0.4, 0.5) is 0 Å². The number of oxazole rings is 1. The molecule has 0 aliphatic carbocycles. The van der Waals surface area contributed by atoms with Gasteiger partial charge in [-0.25, -0.2) is 4.98 Å². The van der Waals surface area contributed by atoms with E-state index in [1.807, 2.05) is 45.0 Å². The van der Waals surface area contributed by atoms with Gasteiger partial charge in [-0.1, -0.05) is 29.4 Å². The number of nitrogens with zero attached hydrogens (tertiary/aromatic N) is 3. The minimum absolute atomic E-state index is 0.220. The molecule has 3 rings (SSSR count). The molecule has 126 valence electrons. The first-order chi connectivity index (χ1) is 11.5. The van der Waals surface area contributed by atoms with Crippen LogP contribution in [0.25, 0.3) is 11.4 Å². The van der Waals surface area contributed by atoms with Gasteiger partial charge < -0.3 is 8.94 Å². The Labute approximate surface area is 142 Å². The second-order valence-corrected chi connectivity index (χ2v) is 7.44. The Balaban J connectivity index is 1.77. The summed E-state index contributed by atoms with van der Waals surface area (Å²) in [5, 5.41) is 3.62. The van der Waals surface area contributed by atoms with E-state index in [0.717, 1.165) is 22.6 Å². The monoisotopic (exact) mass is 345 g/mol. The standard InChI is InChI=1S/C17H19N3O3S/c1-10-7-5-6-8-14(10)16-19-17(23-20-16)13(4)24(21)9-15-18-11(2)12(3)22-15/h5-8,13H,9H2,1-4H3/t13-,24-/m0/s1. The highest BCUT2D eigenvalue weighted by atomic mass is 32.2. The van der Waals surface area contributed by atoms with Crippen molar-refractivity contribution in [3.63, 3.8) is 0 Å². The van der Waals surface area contributed by atoms with E-state index in [9.17, 15) is 4.21 Å². The highest BCUT2D eigenvalue weighted by Crippen LogP contribution is 2.25. The number of aromatic nitrogens is 3. The summed E-state index contributed by atoms with van der Waals surface area (Å²) in [6.07, 6.45) is 0. The van der Waals surface area contributed by atoms with E-state index in [0.29, 0.717) is 17.6 Å². The Morgan fingerprint density at radius 2 is 1.92 bits per heavy atom. The predicted molar refractivity (Wildman–Crippen MR) is 90.7 cm³/mol. The summed E-state index contributed by atoms with van der Waals surface area (Å²) in [5.41, 5.74) is 2.78. The lowest BCUT2D eigenvalue weighted by Gasteiger charge is -2.04. The third-order valence-corrected chi connectivity index (χ3v) is 5.43. The molecule has 2 aromatic heterocycles. The molecule has 0 spiro atoms. The topological polar surface area (TPSA) is 82.0 Å². The molecule has 0 saturated carbocycles. The number of aryl methyl sites for hydroxylation is 3. The largest absolute Gasteiger partial charge is 0.445 e. The van der Waals surface area contributed by atoms with Crippen molar-refractivity contribution in [2.45, 2.75) is 38.7 Å². The molecule has 0 aliphatic rings. The van der Waals surface area contributed by atoms with Gasteiger partial charge in [-0.3, -0.25) is 4.21 Å². The Bertz CT molecular complexity index is 865. The van der Waals surface area contributed by atoms with E-state index in [1.54, 1.807) is 6.92 Å². The van der Waals surface area contributed by atoms with Crippen LogP contribution >= 0.6 is 0 Å². The molecule has 2 atom stereocenters. The zero-order valence-corrected chi connectivity index (χ0v) is 14.9. The minimum Gasteiger partial charge on any atom is -0.445 e. The summed E-state index contributed by atoms with van der Waals surface area (Å²) in [6, 6.07) is 7.80. The maximum absolute atomic E-state index is 12.5.